The molecule has 1 aliphatic rings. The van der Waals surface area contributed by atoms with Gasteiger partial charge in [0.15, 0.2) is 0 Å². The Bertz CT molecular complexity index is 494. The molecule has 1 N–H and O–H groups in total. The molecule has 2 rings (SSSR count). The summed E-state index contributed by atoms with van der Waals surface area (Å²) < 4.78 is 0. The van der Waals surface area contributed by atoms with Crippen LogP contribution < -0.4 is 5.32 Å². The summed E-state index contributed by atoms with van der Waals surface area (Å²) >= 11 is 0. The number of carbonyl (C=O) groups is 2. The minimum atomic E-state index is -0.641. The Labute approximate surface area is 107 Å². The van der Waals surface area contributed by atoms with Crippen molar-refractivity contribution in [2.75, 3.05) is 20.1 Å². The van der Waals surface area contributed by atoms with Crippen LogP contribution in [-0.2, 0) is 10.2 Å². The van der Waals surface area contributed by atoms with E-state index in [0.29, 0.717) is 18.7 Å². The van der Waals surface area contributed by atoms with Crippen molar-refractivity contribution in [1.29, 1.82) is 0 Å². The maximum absolute atomic E-state index is 12.4. The fourth-order valence-corrected chi connectivity index (χ4v) is 2.33. The normalized spacial score (nSPS) is 17.8. The summed E-state index contributed by atoms with van der Waals surface area (Å²) in [5, 5.41) is 2.96. The van der Waals surface area contributed by atoms with E-state index in [0.717, 1.165) is 5.56 Å². The molecule has 4 nitrogen and oxygen atoms in total. The zero-order valence-electron chi connectivity index (χ0n) is 11.0. The average molecular weight is 246 g/mol. The third-order valence-electron chi connectivity index (χ3n) is 3.44. The van der Waals surface area contributed by atoms with Gasteiger partial charge in [-0.1, -0.05) is 18.2 Å². The smallest absolute Gasteiger partial charge is 0.260 e. The Kier molecular flexibility index (Phi) is 3.22. The van der Waals surface area contributed by atoms with Crippen molar-refractivity contribution in [3.05, 3.63) is 35.4 Å². The molecule has 0 bridgehead atoms. The third-order valence-corrected chi connectivity index (χ3v) is 3.44. The maximum atomic E-state index is 12.4. The van der Waals surface area contributed by atoms with Gasteiger partial charge < -0.3 is 5.32 Å². The van der Waals surface area contributed by atoms with E-state index in [1.807, 2.05) is 32.0 Å². The number of rotatable bonds is 3. The molecule has 0 aromatic heterocycles. The van der Waals surface area contributed by atoms with Crippen molar-refractivity contribution in [3.8, 4) is 0 Å². The molecule has 1 aliphatic heterocycles. The second-order valence-corrected chi connectivity index (χ2v) is 5.04. The Hall–Kier alpha value is -1.68. The maximum Gasteiger partial charge on any atom is 0.260 e. The predicted octanol–water partition coefficient (Wildman–Crippen LogP) is 1.17. The molecule has 0 radical (unpaired) electrons. The molecule has 0 aliphatic carbocycles. The van der Waals surface area contributed by atoms with Gasteiger partial charge in [-0.2, -0.15) is 0 Å². The van der Waals surface area contributed by atoms with Gasteiger partial charge in [-0.3, -0.25) is 14.5 Å². The van der Waals surface area contributed by atoms with Gasteiger partial charge in [-0.05, 0) is 32.5 Å². The zero-order chi connectivity index (χ0) is 13.3. The van der Waals surface area contributed by atoms with Crippen molar-refractivity contribution in [3.63, 3.8) is 0 Å². The molecule has 0 spiro atoms. The Morgan fingerprint density at radius 2 is 1.89 bits per heavy atom. The van der Waals surface area contributed by atoms with Crippen LogP contribution in [0.25, 0.3) is 0 Å². The standard InChI is InChI=1S/C14H18N2O2/c1-14(2)11-7-5-4-6-10(11)12(17)16(13(14)18)9-8-15-3/h4-7,15H,8-9H2,1-3H3. The first-order valence-electron chi connectivity index (χ1n) is 6.10. The van der Waals surface area contributed by atoms with Gasteiger partial charge >= 0.3 is 0 Å². The highest BCUT2D eigenvalue weighted by atomic mass is 16.2. The van der Waals surface area contributed by atoms with E-state index in [2.05, 4.69) is 5.32 Å². The van der Waals surface area contributed by atoms with E-state index in [4.69, 9.17) is 0 Å². The molecule has 1 aromatic rings. The monoisotopic (exact) mass is 246 g/mol. The first-order valence-corrected chi connectivity index (χ1v) is 6.10. The number of fused-ring (bicyclic) bond motifs is 1. The summed E-state index contributed by atoms with van der Waals surface area (Å²) in [6.45, 7) is 4.75. The lowest BCUT2D eigenvalue weighted by molar-refractivity contribution is -0.134. The minimum absolute atomic E-state index is 0.124. The van der Waals surface area contributed by atoms with Crippen LogP contribution in [0.2, 0.25) is 0 Å². The number of hydrogen-bond acceptors (Lipinski definition) is 3. The van der Waals surface area contributed by atoms with Crippen molar-refractivity contribution >= 4 is 11.8 Å². The van der Waals surface area contributed by atoms with Gasteiger partial charge in [-0.15, -0.1) is 0 Å². The number of imide groups is 1. The Morgan fingerprint density at radius 3 is 2.56 bits per heavy atom. The molecule has 2 amide bonds. The van der Waals surface area contributed by atoms with Crippen LogP contribution in [0.15, 0.2) is 24.3 Å². The lowest BCUT2D eigenvalue weighted by Gasteiger charge is -2.37. The molecule has 96 valence electrons. The molecule has 0 saturated carbocycles. The van der Waals surface area contributed by atoms with Crippen molar-refractivity contribution in [1.82, 2.24) is 10.2 Å². The topological polar surface area (TPSA) is 49.4 Å². The number of nitrogens with zero attached hydrogens (tertiary/aromatic N) is 1. The average Bonchev–Trinajstić information content (AvgIpc) is 2.37. The number of hydrogen-bond donors (Lipinski definition) is 1. The van der Waals surface area contributed by atoms with Gasteiger partial charge in [0.25, 0.3) is 5.91 Å². The molecule has 0 atom stereocenters. The fourth-order valence-electron chi connectivity index (χ4n) is 2.33. The highest BCUT2D eigenvalue weighted by Crippen LogP contribution is 2.33. The lowest BCUT2D eigenvalue weighted by Crippen LogP contribution is -2.53. The third kappa shape index (κ3) is 1.82. The van der Waals surface area contributed by atoms with E-state index >= 15 is 0 Å². The fraction of sp³-hybridized carbons (Fsp3) is 0.429. The number of nitrogens with one attached hydrogen (secondary N) is 1. The van der Waals surface area contributed by atoms with Crippen LogP contribution in [0.3, 0.4) is 0 Å². The molecule has 0 fully saturated rings. The van der Waals surface area contributed by atoms with Crippen LogP contribution in [0.1, 0.15) is 29.8 Å². The van der Waals surface area contributed by atoms with Crippen molar-refractivity contribution in [2.45, 2.75) is 19.3 Å². The molecular weight excluding hydrogens is 228 g/mol. The summed E-state index contributed by atoms with van der Waals surface area (Å²) in [7, 11) is 1.80. The molecule has 4 heteroatoms. The second kappa shape index (κ2) is 4.53. The van der Waals surface area contributed by atoms with Gasteiger partial charge in [0.2, 0.25) is 5.91 Å². The Morgan fingerprint density at radius 1 is 1.22 bits per heavy atom. The highest BCUT2D eigenvalue weighted by molar-refractivity contribution is 6.12. The van der Waals surface area contributed by atoms with Crippen molar-refractivity contribution < 1.29 is 9.59 Å². The molecular formula is C14H18N2O2. The van der Waals surface area contributed by atoms with Crippen LogP contribution in [0, 0.1) is 0 Å². The summed E-state index contributed by atoms with van der Waals surface area (Å²) in [4.78, 5) is 26.0. The molecule has 1 aromatic carbocycles. The minimum Gasteiger partial charge on any atom is -0.318 e. The Balaban J connectivity index is 2.47. The first kappa shape index (κ1) is 12.8. The van der Waals surface area contributed by atoms with Gasteiger partial charge in [-0.25, -0.2) is 0 Å². The van der Waals surface area contributed by atoms with Gasteiger partial charge in [0.1, 0.15) is 0 Å². The van der Waals surface area contributed by atoms with E-state index < -0.39 is 5.41 Å². The first-order chi connectivity index (χ1) is 8.50. The summed E-state index contributed by atoms with van der Waals surface area (Å²) in [6.07, 6.45) is 0. The largest absolute Gasteiger partial charge is 0.318 e. The van der Waals surface area contributed by atoms with Crippen LogP contribution in [0.4, 0.5) is 0 Å². The number of likely N-dealkylation sites (N-methyl/N-ethyl adjacent to an activating group) is 1. The quantitative estimate of drug-likeness (QED) is 0.814. The van der Waals surface area contributed by atoms with E-state index in [-0.39, 0.29) is 11.8 Å². The molecule has 0 saturated heterocycles. The van der Waals surface area contributed by atoms with Crippen molar-refractivity contribution in [2.24, 2.45) is 0 Å². The van der Waals surface area contributed by atoms with Gasteiger partial charge in [0, 0.05) is 18.7 Å². The molecule has 18 heavy (non-hydrogen) atoms. The van der Waals surface area contributed by atoms with Gasteiger partial charge in [0.05, 0.1) is 5.41 Å². The summed E-state index contributed by atoms with van der Waals surface area (Å²) in [5.74, 6) is -0.313. The molecule has 0 unspecified atom stereocenters. The van der Waals surface area contributed by atoms with E-state index in [1.54, 1.807) is 13.1 Å². The number of amides is 2. The highest BCUT2D eigenvalue weighted by Gasteiger charge is 2.43. The second-order valence-electron chi connectivity index (χ2n) is 5.04. The number of benzene rings is 1. The predicted molar refractivity (Wildman–Crippen MR) is 69.4 cm³/mol. The summed E-state index contributed by atoms with van der Waals surface area (Å²) in [5.41, 5.74) is 0.817. The van der Waals surface area contributed by atoms with E-state index in [1.165, 1.54) is 4.90 Å². The lowest BCUT2D eigenvalue weighted by atomic mass is 9.77. The molecule has 1 heterocycles. The zero-order valence-corrected chi connectivity index (χ0v) is 11.0. The van der Waals surface area contributed by atoms with Crippen LogP contribution >= 0.6 is 0 Å². The van der Waals surface area contributed by atoms with E-state index in [9.17, 15) is 9.59 Å². The SMILES string of the molecule is CNCCN1C(=O)c2ccccc2C(C)(C)C1=O. The van der Waals surface area contributed by atoms with Crippen LogP contribution in [-0.4, -0.2) is 36.9 Å². The number of carbonyl (C=O) groups excluding carboxylic acids is 2. The van der Waals surface area contributed by atoms with Crippen LogP contribution in [0.5, 0.6) is 0 Å². The summed E-state index contributed by atoms with van der Waals surface area (Å²) in [6, 6.07) is 7.35.